The fourth-order valence-corrected chi connectivity index (χ4v) is 2.74. The van der Waals surface area contributed by atoms with Gasteiger partial charge < -0.3 is 5.32 Å². The molecule has 4 nitrogen and oxygen atoms in total. The molecule has 0 bridgehead atoms. The molecule has 1 N–H and O–H groups in total. The predicted octanol–water partition coefficient (Wildman–Crippen LogP) is 1.21. The molecule has 0 unspecified atom stereocenters. The van der Waals surface area contributed by atoms with Gasteiger partial charge in [0, 0.05) is 55.6 Å². The summed E-state index contributed by atoms with van der Waals surface area (Å²) >= 11 is 0. The Labute approximate surface area is 109 Å². The van der Waals surface area contributed by atoms with E-state index in [-0.39, 0.29) is 0 Å². The van der Waals surface area contributed by atoms with E-state index in [2.05, 4.69) is 20.2 Å². The molecule has 2 aliphatic rings. The van der Waals surface area contributed by atoms with E-state index in [0.29, 0.717) is 17.7 Å². The molecule has 3 rings (SSSR count). The third kappa shape index (κ3) is 2.32. The molecule has 0 radical (unpaired) electrons. The normalized spacial score (nSPS) is 22.1. The van der Waals surface area contributed by atoms with E-state index in [1.54, 1.807) is 6.92 Å². The molecule has 1 spiro atoms. The number of rotatable bonds is 2. The standard InChI is InChI=1S/C12H15F3N4/c1-8-9(2-17-10(18-8)12(13,14)15)3-19-6-11(7-19)4-16-5-11/h2,16H,3-7H2,1H3. The fraction of sp³-hybridized carbons (Fsp3) is 0.667. The Morgan fingerprint density at radius 1 is 1.37 bits per heavy atom. The zero-order valence-corrected chi connectivity index (χ0v) is 10.6. The number of hydrogen-bond donors (Lipinski definition) is 1. The number of nitrogens with zero attached hydrogens (tertiary/aromatic N) is 3. The van der Waals surface area contributed by atoms with Gasteiger partial charge in [0.1, 0.15) is 0 Å². The quantitative estimate of drug-likeness (QED) is 0.878. The van der Waals surface area contributed by atoms with Crippen LogP contribution in [-0.4, -0.2) is 41.0 Å². The second kappa shape index (κ2) is 4.14. The summed E-state index contributed by atoms with van der Waals surface area (Å²) in [4.78, 5) is 9.19. The van der Waals surface area contributed by atoms with Crippen LogP contribution in [0.2, 0.25) is 0 Å². The highest BCUT2D eigenvalue weighted by Crippen LogP contribution is 2.35. The maximum Gasteiger partial charge on any atom is 0.451 e. The molecule has 0 aliphatic carbocycles. The number of likely N-dealkylation sites (tertiary alicyclic amines) is 1. The van der Waals surface area contributed by atoms with Crippen LogP contribution in [0.1, 0.15) is 17.1 Å². The average molecular weight is 272 g/mol. The van der Waals surface area contributed by atoms with Crippen molar-refractivity contribution in [3.05, 3.63) is 23.3 Å². The molecule has 0 atom stereocenters. The summed E-state index contributed by atoms with van der Waals surface area (Å²) in [7, 11) is 0. The van der Waals surface area contributed by atoms with Crippen molar-refractivity contribution in [2.45, 2.75) is 19.6 Å². The van der Waals surface area contributed by atoms with E-state index in [4.69, 9.17) is 0 Å². The highest BCUT2D eigenvalue weighted by Gasteiger charge is 2.47. The number of halogens is 3. The topological polar surface area (TPSA) is 41.1 Å². The molecule has 2 fully saturated rings. The number of nitrogens with one attached hydrogen (secondary N) is 1. The van der Waals surface area contributed by atoms with Gasteiger partial charge in [0.25, 0.3) is 0 Å². The Bertz CT molecular complexity index is 488. The molecule has 2 aliphatic heterocycles. The lowest BCUT2D eigenvalue weighted by atomic mass is 9.74. The largest absolute Gasteiger partial charge is 0.451 e. The van der Waals surface area contributed by atoms with Crippen LogP contribution < -0.4 is 5.32 Å². The lowest BCUT2D eigenvalue weighted by Gasteiger charge is -2.56. The Morgan fingerprint density at radius 2 is 2.05 bits per heavy atom. The lowest BCUT2D eigenvalue weighted by molar-refractivity contribution is -0.145. The Kier molecular flexibility index (Phi) is 2.79. The molecule has 1 aromatic rings. The molecular weight excluding hydrogens is 257 g/mol. The number of alkyl halides is 3. The van der Waals surface area contributed by atoms with Gasteiger partial charge in [-0.2, -0.15) is 13.2 Å². The van der Waals surface area contributed by atoms with Crippen LogP contribution in [0.3, 0.4) is 0 Å². The van der Waals surface area contributed by atoms with Crippen molar-refractivity contribution in [2.24, 2.45) is 5.41 Å². The summed E-state index contributed by atoms with van der Waals surface area (Å²) in [5.74, 6) is -1.06. The van der Waals surface area contributed by atoms with E-state index >= 15 is 0 Å². The van der Waals surface area contributed by atoms with Crippen molar-refractivity contribution < 1.29 is 13.2 Å². The minimum Gasteiger partial charge on any atom is -0.315 e. The molecule has 0 saturated carbocycles. The Morgan fingerprint density at radius 3 is 2.53 bits per heavy atom. The van der Waals surface area contributed by atoms with Crippen LogP contribution in [0.4, 0.5) is 13.2 Å². The van der Waals surface area contributed by atoms with Crippen molar-refractivity contribution in [3.63, 3.8) is 0 Å². The summed E-state index contributed by atoms with van der Waals surface area (Å²) in [6.45, 7) is 6.33. The van der Waals surface area contributed by atoms with Crippen LogP contribution >= 0.6 is 0 Å². The third-order valence-electron chi connectivity index (χ3n) is 3.85. The van der Waals surface area contributed by atoms with Gasteiger partial charge in [0.15, 0.2) is 0 Å². The van der Waals surface area contributed by atoms with Gasteiger partial charge in [-0.05, 0) is 6.92 Å². The highest BCUT2D eigenvalue weighted by atomic mass is 19.4. The first-order chi connectivity index (χ1) is 8.88. The monoisotopic (exact) mass is 272 g/mol. The molecule has 104 valence electrons. The number of aromatic nitrogens is 2. The summed E-state index contributed by atoms with van der Waals surface area (Å²) in [6, 6.07) is 0. The van der Waals surface area contributed by atoms with Crippen LogP contribution in [0.25, 0.3) is 0 Å². The van der Waals surface area contributed by atoms with Gasteiger partial charge >= 0.3 is 6.18 Å². The van der Waals surface area contributed by atoms with Gasteiger partial charge in [-0.1, -0.05) is 0 Å². The van der Waals surface area contributed by atoms with Crippen molar-refractivity contribution in [1.29, 1.82) is 0 Å². The molecule has 7 heteroatoms. The number of aryl methyl sites for hydroxylation is 1. The van der Waals surface area contributed by atoms with Crippen LogP contribution in [0.5, 0.6) is 0 Å². The first-order valence-electron chi connectivity index (χ1n) is 6.21. The number of hydrogen-bond acceptors (Lipinski definition) is 4. The van der Waals surface area contributed by atoms with Crippen LogP contribution in [0, 0.1) is 12.3 Å². The van der Waals surface area contributed by atoms with Crippen molar-refractivity contribution in [2.75, 3.05) is 26.2 Å². The maximum atomic E-state index is 12.5. The maximum absolute atomic E-state index is 12.5. The van der Waals surface area contributed by atoms with Gasteiger partial charge in [0.2, 0.25) is 5.82 Å². The summed E-state index contributed by atoms with van der Waals surface area (Å²) in [5, 5.41) is 3.25. The first-order valence-corrected chi connectivity index (χ1v) is 6.21. The third-order valence-corrected chi connectivity index (χ3v) is 3.85. The second-order valence-electron chi connectivity index (χ2n) is 5.55. The van der Waals surface area contributed by atoms with E-state index in [1.807, 2.05) is 0 Å². The molecule has 2 saturated heterocycles. The van der Waals surface area contributed by atoms with E-state index in [9.17, 15) is 13.2 Å². The van der Waals surface area contributed by atoms with Crippen molar-refractivity contribution >= 4 is 0 Å². The van der Waals surface area contributed by atoms with Gasteiger partial charge in [0.05, 0.1) is 0 Å². The van der Waals surface area contributed by atoms with E-state index in [0.717, 1.165) is 31.7 Å². The SMILES string of the molecule is Cc1nc(C(F)(F)F)ncc1CN1CC2(CNC2)C1. The molecular formula is C12H15F3N4. The summed E-state index contributed by atoms with van der Waals surface area (Å²) in [6.07, 6.45) is -3.17. The molecule has 19 heavy (non-hydrogen) atoms. The summed E-state index contributed by atoms with van der Waals surface area (Å²) < 4.78 is 37.4. The Hall–Kier alpha value is -1.21. The Balaban J connectivity index is 1.65. The van der Waals surface area contributed by atoms with E-state index in [1.165, 1.54) is 6.20 Å². The van der Waals surface area contributed by atoms with Crippen molar-refractivity contribution in [1.82, 2.24) is 20.2 Å². The van der Waals surface area contributed by atoms with Gasteiger partial charge in [-0.3, -0.25) is 4.90 Å². The summed E-state index contributed by atoms with van der Waals surface area (Å²) in [5.41, 5.74) is 1.60. The zero-order chi connectivity index (χ0) is 13.7. The molecule has 1 aromatic heterocycles. The zero-order valence-electron chi connectivity index (χ0n) is 10.6. The lowest BCUT2D eigenvalue weighted by Crippen LogP contribution is -2.70. The molecule has 0 aromatic carbocycles. The van der Waals surface area contributed by atoms with Crippen LogP contribution in [-0.2, 0) is 12.7 Å². The smallest absolute Gasteiger partial charge is 0.315 e. The molecule has 0 amide bonds. The minimum atomic E-state index is -4.47. The van der Waals surface area contributed by atoms with Crippen molar-refractivity contribution in [3.8, 4) is 0 Å². The highest BCUT2D eigenvalue weighted by molar-refractivity contribution is 5.18. The molecule has 3 heterocycles. The fourth-order valence-electron chi connectivity index (χ4n) is 2.74. The minimum absolute atomic E-state index is 0.412. The first kappa shape index (κ1) is 12.8. The van der Waals surface area contributed by atoms with E-state index < -0.39 is 12.0 Å². The van der Waals surface area contributed by atoms with Gasteiger partial charge in [-0.15, -0.1) is 0 Å². The predicted molar refractivity (Wildman–Crippen MR) is 62.4 cm³/mol. The second-order valence-corrected chi connectivity index (χ2v) is 5.55. The van der Waals surface area contributed by atoms with Gasteiger partial charge in [-0.25, -0.2) is 9.97 Å². The van der Waals surface area contributed by atoms with Crippen LogP contribution in [0.15, 0.2) is 6.20 Å². The average Bonchev–Trinajstić information content (AvgIpc) is 2.20.